The number of hydrogen-bond donors (Lipinski definition) is 2. The molecule has 1 aromatic heterocycles. The van der Waals surface area contributed by atoms with Crippen LogP contribution in [0.25, 0.3) is 0 Å². The van der Waals surface area contributed by atoms with Gasteiger partial charge in [0.25, 0.3) is 5.91 Å². The molecular formula is C15H23N3O2S. The highest BCUT2D eigenvalue weighted by molar-refractivity contribution is 7.18. The van der Waals surface area contributed by atoms with Crippen molar-refractivity contribution < 1.29 is 9.53 Å². The van der Waals surface area contributed by atoms with Gasteiger partial charge in [-0.15, -0.1) is 11.3 Å². The average Bonchev–Trinajstić information content (AvgIpc) is 3.20. The number of nitrogens with one attached hydrogen (secondary N) is 1. The van der Waals surface area contributed by atoms with E-state index < -0.39 is 0 Å². The minimum absolute atomic E-state index is 0.0833. The Labute approximate surface area is 129 Å². The van der Waals surface area contributed by atoms with Crippen LogP contribution < -0.4 is 16.0 Å². The number of morpholine rings is 1. The van der Waals surface area contributed by atoms with Gasteiger partial charge in [-0.05, 0) is 32.6 Å². The second kappa shape index (κ2) is 5.50. The lowest BCUT2D eigenvalue weighted by atomic mass is 10.1. The summed E-state index contributed by atoms with van der Waals surface area (Å²) in [5.41, 5.74) is 8.17. The molecular weight excluding hydrogens is 286 g/mol. The summed E-state index contributed by atoms with van der Waals surface area (Å²) >= 11 is 1.53. The van der Waals surface area contributed by atoms with Gasteiger partial charge in [0.1, 0.15) is 4.88 Å². The summed E-state index contributed by atoms with van der Waals surface area (Å²) in [5, 5.41) is 3.87. The maximum absolute atomic E-state index is 12.0. The molecule has 2 heterocycles. The Balaban J connectivity index is 1.98. The van der Waals surface area contributed by atoms with Crippen molar-refractivity contribution in [1.82, 2.24) is 5.32 Å². The van der Waals surface area contributed by atoms with Crippen molar-refractivity contribution >= 4 is 27.9 Å². The monoisotopic (exact) mass is 309 g/mol. The maximum atomic E-state index is 12.0. The smallest absolute Gasteiger partial charge is 0.263 e. The lowest BCUT2D eigenvalue weighted by molar-refractivity contribution is -0.00504. The third-order valence-corrected chi connectivity index (χ3v) is 5.37. The van der Waals surface area contributed by atoms with Gasteiger partial charge in [0, 0.05) is 25.7 Å². The van der Waals surface area contributed by atoms with Crippen molar-refractivity contribution in [3.05, 3.63) is 10.4 Å². The zero-order valence-corrected chi connectivity index (χ0v) is 13.6. The molecule has 116 valence electrons. The normalized spacial score (nSPS) is 26.0. The Morgan fingerprint density at radius 1 is 1.33 bits per heavy atom. The van der Waals surface area contributed by atoms with E-state index in [0.29, 0.717) is 16.5 Å². The SMILES string of the molecule is CNC(=O)c1sc(N2CC(C)OC(C)C2)c(C2CC2)c1N. The summed E-state index contributed by atoms with van der Waals surface area (Å²) in [6.45, 7) is 5.90. The summed E-state index contributed by atoms with van der Waals surface area (Å²) < 4.78 is 5.81. The number of nitrogens with two attached hydrogens (primary N) is 1. The molecule has 3 rings (SSSR count). The Kier molecular flexibility index (Phi) is 3.84. The molecule has 1 aliphatic carbocycles. The van der Waals surface area contributed by atoms with Gasteiger partial charge in [0.2, 0.25) is 0 Å². The van der Waals surface area contributed by atoms with Crippen molar-refractivity contribution in [2.24, 2.45) is 0 Å². The number of carbonyl (C=O) groups excluding carboxylic acids is 1. The van der Waals surface area contributed by atoms with Crippen LogP contribution in [-0.4, -0.2) is 38.3 Å². The van der Waals surface area contributed by atoms with Crippen LogP contribution >= 0.6 is 11.3 Å². The number of carbonyl (C=O) groups is 1. The summed E-state index contributed by atoms with van der Waals surface area (Å²) in [4.78, 5) is 15.0. The van der Waals surface area contributed by atoms with Crippen LogP contribution in [0.3, 0.4) is 0 Å². The van der Waals surface area contributed by atoms with Crippen LogP contribution in [-0.2, 0) is 4.74 Å². The number of anilines is 2. The van der Waals surface area contributed by atoms with Gasteiger partial charge in [-0.2, -0.15) is 0 Å². The van der Waals surface area contributed by atoms with E-state index in [2.05, 4.69) is 24.1 Å². The van der Waals surface area contributed by atoms with Crippen LogP contribution in [0.2, 0.25) is 0 Å². The number of thiophene rings is 1. The summed E-state index contributed by atoms with van der Waals surface area (Å²) in [5.74, 6) is 0.447. The molecule has 1 aliphatic heterocycles. The number of rotatable bonds is 3. The molecule has 0 radical (unpaired) electrons. The first-order valence-corrected chi connectivity index (χ1v) is 8.37. The molecule has 0 spiro atoms. The Morgan fingerprint density at radius 2 is 1.95 bits per heavy atom. The largest absolute Gasteiger partial charge is 0.397 e. The second-order valence-electron chi connectivity index (χ2n) is 6.08. The van der Waals surface area contributed by atoms with Crippen LogP contribution in [0, 0.1) is 0 Å². The fourth-order valence-corrected chi connectivity index (χ4v) is 4.34. The molecule has 1 saturated heterocycles. The van der Waals surface area contributed by atoms with Crippen molar-refractivity contribution in [1.29, 1.82) is 0 Å². The van der Waals surface area contributed by atoms with Gasteiger partial charge in [-0.25, -0.2) is 0 Å². The highest BCUT2D eigenvalue weighted by Crippen LogP contribution is 2.52. The standard InChI is InChI=1S/C15H23N3O2S/c1-8-6-18(7-9(2)20-8)15-11(10-4-5-10)12(16)13(21-15)14(19)17-3/h8-10H,4-7,16H2,1-3H3,(H,17,19). The van der Waals surface area contributed by atoms with Crippen LogP contribution in [0.5, 0.6) is 0 Å². The van der Waals surface area contributed by atoms with Gasteiger partial charge < -0.3 is 20.7 Å². The molecule has 6 heteroatoms. The minimum Gasteiger partial charge on any atom is -0.397 e. The first-order chi connectivity index (χ1) is 10.0. The predicted octanol–water partition coefficient (Wildman–Crippen LogP) is 2.18. The van der Waals surface area contributed by atoms with E-state index in [-0.39, 0.29) is 18.1 Å². The number of ether oxygens (including phenoxy) is 1. The van der Waals surface area contributed by atoms with Gasteiger partial charge >= 0.3 is 0 Å². The van der Waals surface area contributed by atoms with Gasteiger partial charge in [-0.3, -0.25) is 4.79 Å². The Bertz CT molecular complexity index is 543. The molecule has 2 unspecified atom stereocenters. The van der Waals surface area contributed by atoms with Gasteiger partial charge in [0.15, 0.2) is 0 Å². The highest BCUT2D eigenvalue weighted by atomic mass is 32.1. The van der Waals surface area contributed by atoms with Crippen LogP contribution in [0.1, 0.15) is 47.8 Å². The number of nitrogens with zero attached hydrogens (tertiary/aromatic N) is 1. The topological polar surface area (TPSA) is 67.6 Å². The van der Waals surface area contributed by atoms with E-state index in [4.69, 9.17) is 10.5 Å². The first kappa shape index (κ1) is 14.7. The molecule has 0 aromatic carbocycles. The lowest BCUT2D eigenvalue weighted by Gasteiger charge is -2.36. The molecule has 1 amide bonds. The predicted molar refractivity (Wildman–Crippen MR) is 86.3 cm³/mol. The molecule has 0 bridgehead atoms. The zero-order valence-electron chi connectivity index (χ0n) is 12.8. The molecule has 5 nitrogen and oxygen atoms in total. The molecule has 1 saturated carbocycles. The number of hydrogen-bond acceptors (Lipinski definition) is 5. The lowest BCUT2D eigenvalue weighted by Crippen LogP contribution is -2.45. The second-order valence-corrected chi connectivity index (χ2v) is 7.08. The van der Waals surface area contributed by atoms with E-state index in [1.54, 1.807) is 7.05 Å². The van der Waals surface area contributed by atoms with E-state index in [1.165, 1.54) is 34.7 Å². The Morgan fingerprint density at radius 3 is 2.48 bits per heavy atom. The first-order valence-electron chi connectivity index (χ1n) is 7.55. The van der Waals surface area contributed by atoms with Crippen molar-refractivity contribution in [3.8, 4) is 0 Å². The van der Waals surface area contributed by atoms with E-state index in [1.807, 2.05) is 0 Å². The minimum atomic E-state index is -0.0833. The van der Waals surface area contributed by atoms with E-state index >= 15 is 0 Å². The summed E-state index contributed by atoms with van der Waals surface area (Å²) in [6.07, 6.45) is 2.76. The highest BCUT2D eigenvalue weighted by Gasteiger charge is 2.36. The number of nitrogen functional groups attached to an aromatic ring is 1. The summed E-state index contributed by atoms with van der Waals surface area (Å²) in [6, 6.07) is 0. The third-order valence-electron chi connectivity index (χ3n) is 4.09. The summed E-state index contributed by atoms with van der Waals surface area (Å²) in [7, 11) is 1.65. The molecule has 2 fully saturated rings. The van der Waals surface area contributed by atoms with Crippen LogP contribution in [0.15, 0.2) is 0 Å². The van der Waals surface area contributed by atoms with Gasteiger partial charge in [-0.1, -0.05) is 0 Å². The fourth-order valence-electron chi connectivity index (χ4n) is 3.07. The molecule has 2 atom stereocenters. The molecule has 1 aromatic rings. The molecule has 21 heavy (non-hydrogen) atoms. The van der Waals surface area contributed by atoms with E-state index in [9.17, 15) is 4.79 Å². The maximum Gasteiger partial charge on any atom is 0.263 e. The quantitative estimate of drug-likeness (QED) is 0.898. The van der Waals surface area contributed by atoms with Gasteiger partial charge in [0.05, 0.1) is 22.9 Å². The van der Waals surface area contributed by atoms with Crippen molar-refractivity contribution in [2.45, 2.75) is 44.8 Å². The zero-order chi connectivity index (χ0) is 15.1. The van der Waals surface area contributed by atoms with E-state index in [0.717, 1.165) is 13.1 Å². The van der Waals surface area contributed by atoms with Crippen LogP contribution in [0.4, 0.5) is 10.7 Å². The fraction of sp³-hybridized carbons (Fsp3) is 0.667. The van der Waals surface area contributed by atoms with Crippen molar-refractivity contribution in [2.75, 3.05) is 30.8 Å². The third kappa shape index (κ3) is 2.74. The molecule has 3 N–H and O–H groups in total. The molecule has 2 aliphatic rings. The Hall–Kier alpha value is -1.27. The average molecular weight is 309 g/mol. The number of amides is 1. The van der Waals surface area contributed by atoms with Crippen molar-refractivity contribution in [3.63, 3.8) is 0 Å².